The molecule has 23 heavy (non-hydrogen) atoms. The molecule has 4 heteroatoms. The van der Waals surface area contributed by atoms with Gasteiger partial charge in [0.25, 0.3) is 0 Å². The van der Waals surface area contributed by atoms with Crippen molar-refractivity contribution in [3.8, 4) is 0 Å². The van der Waals surface area contributed by atoms with E-state index in [1.54, 1.807) is 0 Å². The van der Waals surface area contributed by atoms with E-state index in [4.69, 9.17) is 5.11 Å². The number of nitrogens with one attached hydrogen (secondary N) is 1. The van der Waals surface area contributed by atoms with Crippen LogP contribution in [-0.2, 0) is 4.79 Å². The minimum atomic E-state index is -0.634. The van der Waals surface area contributed by atoms with Gasteiger partial charge in [0, 0.05) is 30.5 Å². The minimum Gasteiger partial charge on any atom is -0.481 e. The van der Waals surface area contributed by atoms with Crippen molar-refractivity contribution in [3.63, 3.8) is 0 Å². The summed E-state index contributed by atoms with van der Waals surface area (Å²) in [4.78, 5) is 13.5. The van der Waals surface area contributed by atoms with Crippen molar-refractivity contribution in [3.05, 3.63) is 24.3 Å². The van der Waals surface area contributed by atoms with Crippen LogP contribution >= 0.6 is 0 Å². The Labute approximate surface area is 138 Å². The van der Waals surface area contributed by atoms with Crippen LogP contribution in [0.1, 0.15) is 45.4 Å². The maximum Gasteiger partial charge on any atom is 0.306 e. The van der Waals surface area contributed by atoms with E-state index in [-0.39, 0.29) is 5.92 Å². The van der Waals surface area contributed by atoms with Gasteiger partial charge in [-0.05, 0) is 62.6 Å². The fraction of sp³-hybridized carbons (Fsp3) is 0.632. The highest BCUT2D eigenvalue weighted by molar-refractivity contribution is 5.70. The molecule has 2 fully saturated rings. The topological polar surface area (TPSA) is 52.6 Å². The van der Waals surface area contributed by atoms with Gasteiger partial charge in [0.05, 0.1) is 5.92 Å². The normalized spacial score (nSPS) is 26.0. The summed E-state index contributed by atoms with van der Waals surface area (Å²) in [6.45, 7) is 4.63. The first-order valence-electron chi connectivity index (χ1n) is 8.96. The van der Waals surface area contributed by atoms with E-state index in [1.165, 1.54) is 24.2 Å². The second-order valence-electron chi connectivity index (χ2n) is 7.25. The summed E-state index contributed by atoms with van der Waals surface area (Å²) in [6.07, 6.45) is 6.02. The molecule has 0 amide bonds. The molecular weight excluding hydrogens is 288 g/mol. The van der Waals surface area contributed by atoms with Crippen LogP contribution in [0.3, 0.4) is 0 Å². The Kier molecular flexibility index (Phi) is 5.09. The highest BCUT2D eigenvalue weighted by atomic mass is 16.4. The molecule has 3 rings (SSSR count). The largest absolute Gasteiger partial charge is 0.481 e. The van der Waals surface area contributed by atoms with E-state index in [0.29, 0.717) is 6.04 Å². The van der Waals surface area contributed by atoms with Gasteiger partial charge in [0.15, 0.2) is 0 Å². The van der Waals surface area contributed by atoms with Crippen LogP contribution in [0, 0.1) is 11.8 Å². The van der Waals surface area contributed by atoms with Crippen molar-refractivity contribution in [2.75, 3.05) is 23.3 Å². The summed E-state index contributed by atoms with van der Waals surface area (Å²) in [6, 6.07) is 9.10. The lowest BCUT2D eigenvalue weighted by Gasteiger charge is -2.33. The predicted octanol–water partition coefficient (Wildman–Crippen LogP) is 3.98. The molecule has 1 saturated heterocycles. The Hall–Kier alpha value is -1.71. The number of rotatable bonds is 4. The number of carboxylic acids is 1. The standard InChI is InChI=1S/C19H28N2O2/c1-14-9-11-21(12-10-14)18-4-2-3-17(13-18)20-16-7-5-15(6-8-16)19(22)23/h2-4,13-16,20H,5-12H2,1H3,(H,22,23). The second-order valence-corrected chi connectivity index (χ2v) is 7.25. The predicted molar refractivity (Wildman–Crippen MR) is 94.1 cm³/mol. The lowest BCUT2D eigenvalue weighted by atomic mass is 9.86. The minimum absolute atomic E-state index is 0.144. The van der Waals surface area contributed by atoms with E-state index in [9.17, 15) is 4.79 Å². The molecule has 1 heterocycles. The molecule has 126 valence electrons. The molecular formula is C19H28N2O2. The van der Waals surface area contributed by atoms with E-state index in [0.717, 1.165) is 44.7 Å². The molecule has 1 aliphatic carbocycles. The first kappa shape index (κ1) is 16.2. The van der Waals surface area contributed by atoms with Gasteiger partial charge in [-0.15, -0.1) is 0 Å². The van der Waals surface area contributed by atoms with Crippen LogP contribution in [0.2, 0.25) is 0 Å². The lowest BCUT2D eigenvalue weighted by molar-refractivity contribution is -0.142. The van der Waals surface area contributed by atoms with E-state index < -0.39 is 5.97 Å². The molecule has 0 atom stereocenters. The Morgan fingerprint density at radius 3 is 2.48 bits per heavy atom. The molecule has 2 N–H and O–H groups in total. The lowest BCUT2D eigenvalue weighted by Crippen LogP contribution is -2.33. The molecule has 0 radical (unpaired) electrons. The summed E-state index contributed by atoms with van der Waals surface area (Å²) in [7, 11) is 0. The molecule has 1 aromatic rings. The van der Waals surface area contributed by atoms with Crippen LogP contribution in [0.4, 0.5) is 11.4 Å². The number of piperidine rings is 1. The smallest absolute Gasteiger partial charge is 0.306 e. The zero-order chi connectivity index (χ0) is 16.2. The molecule has 0 spiro atoms. The van der Waals surface area contributed by atoms with Crippen LogP contribution in [0.25, 0.3) is 0 Å². The number of nitrogens with zero attached hydrogens (tertiary/aromatic N) is 1. The molecule has 1 saturated carbocycles. The van der Waals surface area contributed by atoms with Crippen molar-refractivity contribution in [1.29, 1.82) is 0 Å². The van der Waals surface area contributed by atoms with Gasteiger partial charge >= 0.3 is 5.97 Å². The second kappa shape index (κ2) is 7.24. The molecule has 4 nitrogen and oxygen atoms in total. The summed E-state index contributed by atoms with van der Waals surface area (Å²) in [5.74, 6) is 0.0662. The van der Waals surface area contributed by atoms with Crippen molar-refractivity contribution in [2.24, 2.45) is 11.8 Å². The summed E-state index contributed by atoms with van der Waals surface area (Å²) >= 11 is 0. The first-order valence-corrected chi connectivity index (χ1v) is 8.96. The van der Waals surface area contributed by atoms with Crippen LogP contribution < -0.4 is 10.2 Å². The van der Waals surface area contributed by atoms with Gasteiger partial charge in [0.2, 0.25) is 0 Å². The molecule has 1 aromatic carbocycles. The van der Waals surface area contributed by atoms with Crippen molar-refractivity contribution in [1.82, 2.24) is 0 Å². The van der Waals surface area contributed by atoms with Crippen molar-refractivity contribution >= 4 is 17.3 Å². The summed E-state index contributed by atoms with van der Waals surface area (Å²) in [5, 5.41) is 12.7. The average Bonchev–Trinajstić information content (AvgIpc) is 2.56. The van der Waals surface area contributed by atoms with Crippen LogP contribution in [0.15, 0.2) is 24.3 Å². The van der Waals surface area contributed by atoms with Gasteiger partial charge in [-0.1, -0.05) is 13.0 Å². The molecule has 2 aliphatic rings. The molecule has 0 aromatic heterocycles. The fourth-order valence-corrected chi connectivity index (χ4v) is 3.78. The van der Waals surface area contributed by atoms with Crippen LogP contribution in [-0.4, -0.2) is 30.2 Å². The van der Waals surface area contributed by atoms with Gasteiger partial charge in [-0.2, -0.15) is 0 Å². The SMILES string of the molecule is CC1CCN(c2cccc(NC3CCC(C(=O)O)CC3)c2)CC1. The summed E-state index contributed by atoms with van der Waals surface area (Å²) < 4.78 is 0. The molecule has 0 unspecified atom stereocenters. The third kappa shape index (κ3) is 4.18. The maximum absolute atomic E-state index is 11.0. The fourth-order valence-electron chi connectivity index (χ4n) is 3.78. The average molecular weight is 316 g/mol. The van der Waals surface area contributed by atoms with Crippen molar-refractivity contribution in [2.45, 2.75) is 51.5 Å². The third-order valence-electron chi connectivity index (χ3n) is 5.44. The highest BCUT2D eigenvalue weighted by Gasteiger charge is 2.25. The van der Waals surface area contributed by atoms with Crippen LogP contribution in [0.5, 0.6) is 0 Å². The maximum atomic E-state index is 11.0. The Bertz CT molecular complexity index is 530. The molecule has 1 aliphatic heterocycles. The Morgan fingerprint density at radius 2 is 1.83 bits per heavy atom. The van der Waals surface area contributed by atoms with E-state index >= 15 is 0 Å². The van der Waals surface area contributed by atoms with E-state index in [1.807, 2.05) is 0 Å². The quantitative estimate of drug-likeness (QED) is 0.882. The number of anilines is 2. The number of carboxylic acid groups (broad SMARTS) is 1. The third-order valence-corrected chi connectivity index (χ3v) is 5.44. The van der Waals surface area contributed by atoms with Gasteiger partial charge < -0.3 is 15.3 Å². The number of hydrogen-bond acceptors (Lipinski definition) is 3. The number of carbonyl (C=O) groups is 1. The zero-order valence-corrected chi connectivity index (χ0v) is 14.0. The van der Waals surface area contributed by atoms with Gasteiger partial charge in [-0.25, -0.2) is 0 Å². The monoisotopic (exact) mass is 316 g/mol. The number of aliphatic carboxylic acids is 1. The highest BCUT2D eigenvalue weighted by Crippen LogP contribution is 2.29. The zero-order valence-electron chi connectivity index (χ0n) is 14.0. The summed E-state index contributed by atoms with van der Waals surface area (Å²) in [5.41, 5.74) is 2.47. The number of hydrogen-bond donors (Lipinski definition) is 2. The Morgan fingerprint density at radius 1 is 1.13 bits per heavy atom. The van der Waals surface area contributed by atoms with Crippen molar-refractivity contribution < 1.29 is 9.90 Å². The number of benzene rings is 1. The first-order chi connectivity index (χ1) is 11.1. The van der Waals surface area contributed by atoms with Gasteiger partial charge in [-0.3, -0.25) is 4.79 Å². The molecule has 0 bridgehead atoms. The Balaban J connectivity index is 1.57. The van der Waals surface area contributed by atoms with Gasteiger partial charge in [0.1, 0.15) is 0 Å². The van der Waals surface area contributed by atoms with E-state index in [2.05, 4.69) is 41.4 Å².